The molecule has 40 heavy (non-hydrogen) atoms. The minimum atomic E-state index is -0.449. The summed E-state index contributed by atoms with van der Waals surface area (Å²) in [7, 11) is 3.23. The van der Waals surface area contributed by atoms with Crippen LogP contribution in [0, 0.1) is 13.7 Å². The third-order valence-corrected chi connectivity index (χ3v) is 8.52. The number of carbonyl (C=O) groups is 2. The summed E-state index contributed by atoms with van der Waals surface area (Å²) in [6.07, 6.45) is 4.10. The summed E-state index contributed by atoms with van der Waals surface area (Å²) in [5, 5.41) is 11.0. The maximum atomic E-state index is 13.5. The molecule has 3 aliphatic rings. The van der Waals surface area contributed by atoms with Crippen molar-refractivity contribution in [3.63, 3.8) is 0 Å². The van der Waals surface area contributed by atoms with Crippen molar-refractivity contribution in [2.45, 2.75) is 51.0 Å². The van der Waals surface area contributed by atoms with Gasteiger partial charge in [0.1, 0.15) is 6.61 Å². The van der Waals surface area contributed by atoms with Gasteiger partial charge in [-0.25, -0.2) is 0 Å². The first-order chi connectivity index (χ1) is 19.3. The Kier molecular flexibility index (Phi) is 8.55. The molecule has 0 N–H and O–H groups in total. The number of halogens is 1. The van der Waals surface area contributed by atoms with Crippen molar-refractivity contribution in [3.05, 3.63) is 83.7 Å². The second-order valence-electron chi connectivity index (χ2n) is 10.1. The van der Waals surface area contributed by atoms with Crippen LogP contribution in [0.4, 0.5) is 5.69 Å². The molecule has 0 bridgehead atoms. The van der Waals surface area contributed by atoms with Gasteiger partial charge in [0.15, 0.2) is 23.1 Å². The van der Waals surface area contributed by atoms with Crippen LogP contribution in [0.2, 0.25) is 0 Å². The number of nitro benzene ring substituents is 1. The van der Waals surface area contributed by atoms with Crippen LogP contribution in [0.1, 0.15) is 55.6 Å². The first-order valence-electron chi connectivity index (χ1n) is 13.4. The summed E-state index contributed by atoms with van der Waals surface area (Å²) in [6, 6.07) is 10.1. The van der Waals surface area contributed by atoms with Crippen LogP contribution in [0.3, 0.4) is 0 Å². The number of hydrogen-bond acceptors (Lipinski definition) is 8. The fourth-order valence-electron chi connectivity index (χ4n) is 5.92. The highest BCUT2D eigenvalue weighted by molar-refractivity contribution is 14.1. The summed E-state index contributed by atoms with van der Waals surface area (Å²) < 4.78 is 18.0. The van der Waals surface area contributed by atoms with Crippen molar-refractivity contribution in [2.75, 3.05) is 27.4 Å². The van der Waals surface area contributed by atoms with E-state index in [0.29, 0.717) is 48.6 Å². The van der Waals surface area contributed by atoms with E-state index in [4.69, 9.17) is 14.2 Å². The van der Waals surface area contributed by atoms with Gasteiger partial charge in [0.25, 0.3) is 5.69 Å². The van der Waals surface area contributed by atoms with Gasteiger partial charge in [-0.1, -0.05) is 0 Å². The zero-order valence-corrected chi connectivity index (χ0v) is 24.7. The predicted molar refractivity (Wildman–Crippen MR) is 156 cm³/mol. The standard InChI is InChI=1S/C30H31IN2O7/c1-38-14-13-32-22-5-3-7-24(34)28(22)27(29-23(32)6-4-8-25(29)35)19-15-21(31)30(26(16-19)39-2)40-17-18-9-11-20(12-10-18)33(36)37/h9-12,15-16,27H,3-8,13-14,17H2,1-2H3. The Hall–Kier alpha value is -3.25. The van der Waals surface area contributed by atoms with Crippen molar-refractivity contribution in [1.29, 1.82) is 0 Å². The smallest absolute Gasteiger partial charge is 0.269 e. The van der Waals surface area contributed by atoms with Crippen molar-refractivity contribution in [2.24, 2.45) is 0 Å². The molecule has 10 heteroatoms. The molecule has 5 rings (SSSR count). The molecule has 2 aromatic carbocycles. The highest BCUT2D eigenvalue weighted by atomic mass is 127. The van der Waals surface area contributed by atoms with E-state index in [-0.39, 0.29) is 23.9 Å². The Labute approximate surface area is 246 Å². The van der Waals surface area contributed by atoms with Gasteiger partial charge in [0, 0.05) is 67.1 Å². The van der Waals surface area contributed by atoms with Gasteiger partial charge in [0.2, 0.25) is 0 Å². The molecule has 210 valence electrons. The first-order valence-corrected chi connectivity index (χ1v) is 14.4. The summed E-state index contributed by atoms with van der Waals surface area (Å²) in [5.74, 6) is 0.769. The maximum absolute atomic E-state index is 13.5. The zero-order chi connectivity index (χ0) is 28.4. The van der Waals surface area contributed by atoms with Crippen molar-refractivity contribution >= 4 is 39.8 Å². The molecular weight excluding hydrogens is 627 g/mol. The number of nitro groups is 1. The van der Waals surface area contributed by atoms with E-state index in [1.807, 2.05) is 12.1 Å². The number of ketones is 2. The van der Waals surface area contributed by atoms with Crippen LogP contribution < -0.4 is 9.47 Å². The van der Waals surface area contributed by atoms with Gasteiger partial charge in [0.05, 0.1) is 22.2 Å². The summed E-state index contributed by atoms with van der Waals surface area (Å²) >= 11 is 2.19. The zero-order valence-electron chi connectivity index (χ0n) is 22.5. The Morgan fingerprint density at radius 2 is 1.60 bits per heavy atom. The number of nitrogens with zero attached hydrogens (tertiary/aromatic N) is 2. The number of allylic oxidation sites excluding steroid dienone is 4. The highest BCUT2D eigenvalue weighted by Gasteiger charge is 2.43. The largest absolute Gasteiger partial charge is 0.493 e. The molecule has 0 radical (unpaired) electrons. The number of rotatable bonds is 9. The lowest BCUT2D eigenvalue weighted by Gasteiger charge is -2.44. The van der Waals surface area contributed by atoms with Crippen LogP contribution in [-0.4, -0.2) is 48.8 Å². The van der Waals surface area contributed by atoms with E-state index in [0.717, 1.165) is 51.8 Å². The second-order valence-corrected chi connectivity index (χ2v) is 11.3. The summed E-state index contributed by atoms with van der Waals surface area (Å²) in [4.78, 5) is 39.7. The highest BCUT2D eigenvalue weighted by Crippen LogP contribution is 2.50. The average molecular weight is 658 g/mol. The van der Waals surface area contributed by atoms with Crippen LogP contribution in [0.5, 0.6) is 11.5 Å². The Bertz CT molecular complexity index is 1370. The molecule has 0 unspecified atom stereocenters. The molecule has 2 aromatic rings. The molecule has 0 fully saturated rings. The van der Waals surface area contributed by atoms with E-state index in [1.165, 1.54) is 12.1 Å². The lowest BCUT2D eigenvalue weighted by molar-refractivity contribution is -0.384. The molecular formula is C30H31IN2O7. The van der Waals surface area contributed by atoms with E-state index in [1.54, 1.807) is 26.4 Å². The van der Waals surface area contributed by atoms with Crippen molar-refractivity contribution < 1.29 is 28.7 Å². The summed E-state index contributed by atoms with van der Waals surface area (Å²) in [6.45, 7) is 1.31. The molecule has 1 aliphatic heterocycles. The van der Waals surface area contributed by atoms with E-state index in [2.05, 4.69) is 27.5 Å². The topological polar surface area (TPSA) is 108 Å². The quantitative estimate of drug-likeness (QED) is 0.188. The number of benzene rings is 2. The number of carbonyl (C=O) groups excluding carboxylic acids is 2. The maximum Gasteiger partial charge on any atom is 0.269 e. The molecule has 0 amide bonds. The first kappa shape index (κ1) is 28.3. The third kappa shape index (κ3) is 5.38. The fraction of sp³-hybridized carbons (Fsp3) is 0.400. The van der Waals surface area contributed by atoms with E-state index >= 15 is 0 Å². The Balaban J connectivity index is 1.54. The summed E-state index contributed by atoms with van der Waals surface area (Å²) in [5.41, 5.74) is 5.09. The van der Waals surface area contributed by atoms with Gasteiger partial charge < -0.3 is 19.1 Å². The van der Waals surface area contributed by atoms with Crippen molar-refractivity contribution in [3.8, 4) is 11.5 Å². The number of hydrogen-bond donors (Lipinski definition) is 0. The van der Waals surface area contributed by atoms with Crippen LogP contribution in [-0.2, 0) is 20.9 Å². The third-order valence-electron chi connectivity index (χ3n) is 7.72. The molecule has 0 saturated heterocycles. The molecule has 2 aliphatic carbocycles. The number of Topliss-reactive ketones (excluding diaryl/α,β-unsaturated/α-hetero) is 2. The van der Waals surface area contributed by atoms with E-state index < -0.39 is 10.8 Å². The minimum absolute atomic E-state index is 0.0189. The lowest BCUT2D eigenvalue weighted by Crippen LogP contribution is -2.40. The normalized spacial score (nSPS) is 17.6. The Morgan fingerprint density at radius 3 is 2.15 bits per heavy atom. The van der Waals surface area contributed by atoms with Crippen LogP contribution in [0.15, 0.2) is 58.9 Å². The predicted octanol–water partition coefficient (Wildman–Crippen LogP) is 5.85. The fourth-order valence-corrected chi connectivity index (χ4v) is 6.70. The van der Waals surface area contributed by atoms with Gasteiger partial charge in [-0.3, -0.25) is 19.7 Å². The number of methoxy groups -OCH3 is 2. The van der Waals surface area contributed by atoms with Crippen molar-refractivity contribution in [1.82, 2.24) is 4.90 Å². The van der Waals surface area contributed by atoms with E-state index in [9.17, 15) is 19.7 Å². The van der Waals surface area contributed by atoms with Gasteiger partial charge in [-0.2, -0.15) is 0 Å². The number of ether oxygens (including phenoxy) is 3. The SMILES string of the molecule is COCCN1C2=C(C(=O)CCC2)C(c2cc(I)c(OCc3ccc([N+](=O)[O-])cc3)c(OC)c2)C2=C1CCCC2=O. The molecule has 0 aromatic heterocycles. The molecule has 0 spiro atoms. The number of non-ortho nitro benzene ring substituents is 1. The molecule has 9 nitrogen and oxygen atoms in total. The van der Waals surface area contributed by atoms with Gasteiger partial charge in [-0.05, 0) is 83.7 Å². The lowest BCUT2D eigenvalue weighted by atomic mass is 9.71. The average Bonchev–Trinajstić information content (AvgIpc) is 2.95. The van der Waals surface area contributed by atoms with Crippen LogP contribution in [0.25, 0.3) is 0 Å². The van der Waals surface area contributed by atoms with Gasteiger partial charge in [-0.15, -0.1) is 0 Å². The Morgan fingerprint density at radius 1 is 0.975 bits per heavy atom. The van der Waals surface area contributed by atoms with Gasteiger partial charge >= 0.3 is 0 Å². The molecule has 0 saturated carbocycles. The molecule has 1 heterocycles. The monoisotopic (exact) mass is 658 g/mol. The van der Waals surface area contributed by atoms with Crippen LogP contribution >= 0.6 is 22.6 Å². The minimum Gasteiger partial charge on any atom is -0.493 e. The second kappa shape index (κ2) is 12.1. The molecule has 0 atom stereocenters.